The second-order valence-electron chi connectivity index (χ2n) is 4.54. The maximum atomic E-state index is 6.01. The first-order valence-electron chi connectivity index (χ1n) is 6.19. The second-order valence-corrected chi connectivity index (χ2v) is 4.98. The number of hydrogen-bond acceptors (Lipinski definition) is 3. The van der Waals surface area contributed by atoms with Crippen LogP contribution in [0.5, 0.6) is 11.6 Å². The lowest BCUT2D eigenvalue weighted by Crippen LogP contribution is -2.05. The molecule has 0 aliphatic rings. The Kier molecular flexibility index (Phi) is 4.12. The molecule has 0 amide bonds. The lowest BCUT2D eigenvalue weighted by molar-refractivity contribution is 0.423. The minimum atomic E-state index is 0.567. The molecule has 0 aliphatic carbocycles. The van der Waals surface area contributed by atoms with Gasteiger partial charge in [-0.1, -0.05) is 17.7 Å². The zero-order chi connectivity index (χ0) is 14.0. The number of hydrogen-bond donors (Lipinski definition) is 1. The Morgan fingerprint density at radius 2 is 2.11 bits per heavy atom. The van der Waals surface area contributed by atoms with Crippen LogP contribution in [-0.4, -0.2) is 16.3 Å². The van der Waals surface area contributed by atoms with E-state index in [9.17, 15) is 0 Å². The summed E-state index contributed by atoms with van der Waals surface area (Å²) in [7, 11) is 1.86. The number of ether oxygens (including phenoxy) is 1. The van der Waals surface area contributed by atoms with Crippen LogP contribution >= 0.6 is 11.6 Å². The molecule has 4 nitrogen and oxygen atoms in total. The highest BCUT2D eigenvalue weighted by molar-refractivity contribution is 6.30. The van der Waals surface area contributed by atoms with E-state index in [4.69, 9.17) is 22.1 Å². The smallest absolute Gasteiger partial charge is 0.221 e. The fourth-order valence-electron chi connectivity index (χ4n) is 2.03. The van der Waals surface area contributed by atoms with Crippen molar-refractivity contribution in [3.8, 4) is 11.6 Å². The Morgan fingerprint density at radius 1 is 1.37 bits per heavy atom. The van der Waals surface area contributed by atoms with Gasteiger partial charge < -0.3 is 10.5 Å². The molecule has 5 heteroatoms. The van der Waals surface area contributed by atoms with Gasteiger partial charge in [0, 0.05) is 17.6 Å². The largest absolute Gasteiger partial charge is 0.439 e. The number of aryl methyl sites for hydroxylation is 3. The number of nitrogens with two attached hydrogens (primary N) is 1. The highest BCUT2D eigenvalue weighted by Crippen LogP contribution is 2.31. The van der Waals surface area contributed by atoms with Gasteiger partial charge in [-0.3, -0.25) is 0 Å². The van der Waals surface area contributed by atoms with E-state index in [1.165, 1.54) is 0 Å². The molecule has 2 rings (SSSR count). The molecule has 0 saturated heterocycles. The van der Waals surface area contributed by atoms with Gasteiger partial charge in [-0.05, 0) is 44.5 Å². The number of benzene rings is 1. The molecule has 0 unspecified atom stereocenters. The Labute approximate surface area is 118 Å². The van der Waals surface area contributed by atoms with Gasteiger partial charge in [-0.2, -0.15) is 5.10 Å². The van der Waals surface area contributed by atoms with E-state index in [1.54, 1.807) is 4.68 Å². The summed E-state index contributed by atoms with van der Waals surface area (Å²) < 4.78 is 7.72. The summed E-state index contributed by atoms with van der Waals surface area (Å²) in [6.45, 7) is 4.51. The average molecular weight is 280 g/mol. The Bertz CT molecular complexity index is 593. The lowest BCUT2D eigenvalue weighted by Gasteiger charge is -2.11. The maximum absolute atomic E-state index is 6.01. The molecule has 2 N–H and O–H groups in total. The predicted octanol–water partition coefficient (Wildman–Crippen LogP) is 2.98. The standard InChI is InChI=1S/C14H18ClN3O/c1-9-4-5-11(15)8-13(9)19-14-12(6-7-16)10(2)17-18(14)3/h4-5,8H,6-7,16H2,1-3H3. The summed E-state index contributed by atoms with van der Waals surface area (Å²) in [5.41, 5.74) is 8.66. The van der Waals surface area contributed by atoms with Gasteiger partial charge in [0.2, 0.25) is 5.88 Å². The van der Waals surface area contributed by atoms with Gasteiger partial charge in [0.25, 0.3) is 0 Å². The first-order chi connectivity index (χ1) is 9.02. The SMILES string of the molecule is Cc1ccc(Cl)cc1Oc1c(CCN)c(C)nn1C. The van der Waals surface area contributed by atoms with Crippen LogP contribution in [-0.2, 0) is 13.5 Å². The molecule has 0 radical (unpaired) electrons. The van der Waals surface area contributed by atoms with E-state index < -0.39 is 0 Å². The monoisotopic (exact) mass is 279 g/mol. The van der Waals surface area contributed by atoms with E-state index in [0.717, 1.165) is 34.9 Å². The van der Waals surface area contributed by atoms with Crippen molar-refractivity contribution in [3.63, 3.8) is 0 Å². The predicted molar refractivity (Wildman–Crippen MR) is 77.0 cm³/mol. The van der Waals surface area contributed by atoms with Crippen molar-refractivity contribution in [2.75, 3.05) is 6.54 Å². The van der Waals surface area contributed by atoms with Gasteiger partial charge in [0.15, 0.2) is 0 Å². The Balaban J connectivity index is 2.40. The number of aromatic nitrogens is 2. The van der Waals surface area contributed by atoms with Crippen LogP contribution in [0.3, 0.4) is 0 Å². The minimum absolute atomic E-state index is 0.567. The van der Waals surface area contributed by atoms with Crippen LogP contribution in [0.2, 0.25) is 5.02 Å². The zero-order valence-electron chi connectivity index (χ0n) is 11.4. The molecule has 0 saturated carbocycles. The summed E-state index contributed by atoms with van der Waals surface area (Å²) in [6.07, 6.45) is 0.745. The molecule has 0 bridgehead atoms. The molecule has 102 valence electrons. The molecule has 0 atom stereocenters. The van der Waals surface area contributed by atoms with Crippen LogP contribution in [0.1, 0.15) is 16.8 Å². The van der Waals surface area contributed by atoms with Crippen molar-refractivity contribution in [2.45, 2.75) is 20.3 Å². The normalized spacial score (nSPS) is 10.8. The van der Waals surface area contributed by atoms with Crippen molar-refractivity contribution < 1.29 is 4.74 Å². The van der Waals surface area contributed by atoms with E-state index in [-0.39, 0.29) is 0 Å². The highest BCUT2D eigenvalue weighted by Gasteiger charge is 2.15. The van der Waals surface area contributed by atoms with Crippen LogP contribution in [0.25, 0.3) is 0 Å². The van der Waals surface area contributed by atoms with E-state index >= 15 is 0 Å². The lowest BCUT2D eigenvalue weighted by atomic mass is 10.2. The van der Waals surface area contributed by atoms with Crippen molar-refractivity contribution in [1.82, 2.24) is 9.78 Å². The zero-order valence-corrected chi connectivity index (χ0v) is 12.2. The van der Waals surface area contributed by atoms with E-state index in [2.05, 4.69) is 5.10 Å². The van der Waals surface area contributed by atoms with E-state index in [0.29, 0.717) is 11.6 Å². The molecular weight excluding hydrogens is 262 g/mol. The van der Waals surface area contributed by atoms with Crippen molar-refractivity contribution in [1.29, 1.82) is 0 Å². The second kappa shape index (κ2) is 5.63. The molecule has 19 heavy (non-hydrogen) atoms. The van der Waals surface area contributed by atoms with Gasteiger partial charge in [0.1, 0.15) is 5.75 Å². The van der Waals surface area contributed by atoms with Gasteiger partial charge >= 0.3 is 0 Å². The summed E-state index contributed by atoms with van der Waals surface area (Å²) in [5, 5.41) is 5.03. The summed E-state index contributed by atoms with van der Waals surface area (Å²) >= 11 is 6.01. The van der Waals surface area contributed by atoms with Crippen LogP contribution in [0, 0.1) is 13.8 Å². The topological polar surface area (TPSA) is 53.1 Å². The fraction of sp³-hybridized carbons (Fsp3) is 0.357. The van der Waals surface area contributed by atoms with Gasteiger partial charge in [-0.15, -0.1) is 0 Å². The first-order valence-corrected chi connectivity index (χ1v) is 6.57. The summed E-state index contributed by atoms with van der Waals surface area (Å²) in [5.74, 6) is 1.47. The number of nitrogens with zero attached hydrogens (tertiary/aromatic N) is 2. The molecule has 1 aromatic carbocycles. The van der Waals surface area contributed by atoms with Gasteiger partial charge in [-0.25, -0.2) is 4.68 Å². The molecule has 0 aliphatic heterocycles. The Morgan fingerprint density at radius 3 is 2.79 bits per heavy atom. The quantitative estimate of drug-likeness (QED) is 0.936. The van der Waals surface area contributed by atoms with Crippen molar-refractivity contribution in [2.24, 2.45) is 12.8 Å². The van der Waals surface area contributed by atoms with E-state index in [1.807, 2.05) is 39.1 Å². The molecular formula is C14H18ClN3O. The molecule has 1 aromatic heterocycles. The Hall–Kier alpha value is -1.52. The number of rotatable bonds is 4. The molecule has 0 spiro atoms. The van der Waals surface area contributed by atoms with Crippen LogP contribution in [0.4, 0.5) is 0 Å². The third-order valence-electron chi connectivity index (χ3n) is 3.04. The first kappa shape index (κ1) is 13.9. The minimum Gasteiger partial charge on any atom is -0.439 e. The third kappa shape index (κ3) is 2.91. The molecule has 0 fully saturated rings. The molecule has 2 aromatic rings. The highest BCUT2D eigenvalue weighted by atomic mass is 35.5. The summed E-state index contributed by atoms with van der Waals surface area (Å²) in [4.78, 5) is 0. The maximum Gasteiger partial charge on any atom is 0.221 e. The van der Waals surface area contributed by atoms with Gasteiger partial charge in [0.05, 0.1) is 5.69 Å². The average Bonchev–Trinajstić information content (AvgIpc) is 2.61. The molecule has 1 heterocycles. The third-order valence-corrected chi connectivity index (χ3v) is 3.28. The van der Waals surface area contributed by atoms with Crippen molar-refractivity contribution in [3.05, 3.63) is 40.0 Å². The number of halogens is 1. The van der Waals surface area contributed by atoms with Crippen LogP contribution in [0.15, 0.2) is 18.2 Å². The summed E-state index contributed by atoms with van der Waals surface area (Å²) in [6, 6.07) is 5.59. The fourth-order valence-corrected chi connectivity index (χ4v) is 2.19. The van der Waals surface area contributed by atoms with Crippen molar-refractivity contribution >= 4 is 11.6 Å². The van der Waals surface area contributed by atoms with Crippen LogP contribution < -0.4 is 10.5 Å².